The number of rotatable bonds is 6. The lowest BCUT2D eigenvalue weighted by molar-refractivity contribution is -0.125. The summed E-state index contributed by atoms with van der Waals surface area (Å²) in [6.45, 7) is 1.51. The van der Waals surface area contributed by atoms with E-state index in [-0.39, 0.29) is 28.6 Å². The first kappa shape index (κ1) is 22.9. The van der Waals surface area contributed by atoms with Crippen LogP contribution in [0.1, 0.15) is 30.1 Å². The van der Waals surface area contributed by atoms with Crippen LogP contribution in [-0.4, -0.2) is 20.6 Å². The monoisotopic (exact) mass is 465 g/mol. The summed E-state index contributed by atoms with van der Waals surface area (Å²) in [6, 6.07) is 13.8. The van der Waals surface area contributed by atoms with Crippen molar-refractivity contribution in [1.82, 2.24) is 14.9 Å². The third-order valence-corrected chi connectivity index (χ3v) is 5.61. The Morgan fingerprint density at radius 1 is 1.06 bits per heavy atom. The number of benzene rings is 3. The number of nitrogens with one attached hydrogen (secondary N) is 2. The van der Waals surface area contributed by atoms with Crippen molar-refractivity contribution in [2.45, 2.75) is 25.4 Å². The fraction of sp³-hybridized carbons (Fsp3) is 0.160. The molecule has 7 nitrogen and oxygen atoms in total. The van der Waals surface area contributed by atoms with Crippen LogP contribution < -0.4 is 16.6 Å². The van der Waals surface area contributed by atoms with Crippen molar-refractivity contribution in [3.8, 4) is 5.75 Å². The molecule has 174 valence electrons. The number of aromatic nitrogens is 2. The van der Waals surface area contributed by atoms with Gasteiger partial charge in [-0.2, -0.15) is 0 Å². The molecule has 0 bridgehead atoms. The molecule has 0 aliphatic rings. The number of hydrogen-bond donors (Lipinski definition) is 3. The van der Waals surface area contributed by atoms with Crippen LogP contribution in [0.3, 0.4) is 0 Å². The molecule has 1 aromatic heterocycles. The number of aromatic amines is 1. The fourth-order valence-electron chi connectivity index (χ4n) is 3.92. The first-order chi connectivity index (χ1) is 16.3. The van der Waals surface area contributed by atoms with Crippen LogP contribution in [0.5, 0.6) is 5.75 Å². The molecule has 4 rings (SSSR count). The van der Waals surface area contributed by atoms with Crippen molar-refractivity contribution >= 4 is 16.8 Å². The number of nitrogens with zero attached hydrogens (tertiary/aromatic N) is 1. The summed E-state index contributed by atoms with van der Waals surface area (Å²) in [7, 11) is 0. The molecule has 0 aliphatic carbocycles. The van der Waals surface area contributed by atoms with E-state index in [9.17, 15) is 28.3 Å². The molecule has 0 radical (unpaired) electrons. The van der Waals surface area contributed by atoms with Gasteiger partial charge in [0.25, 0.3) is 5.56 Å². The second-order valence-electron chi connectivity index (χ2n) is 7.91. The molecule has 3 aromatic carbocycles. The van der Waals surface area contributed by atoms with Crippen LogP contribution in [0.15, 0.2) is 76.3 Å². The standard InChI is InChI=1S/C25H21F2N3O4/c1-14(17-11-10-16(26)13-18(17)27)28-23(32)20(12-15-6-3-2-4-7-15)30-24(33)22-19(29-25(30)34)8-5-9-21(22)31/h2-11,13-14,20,31H,12H2,1H3,(H,28,32)(H,29,34)/t14-,20-/m0/s1. The zero-order valence-corrected chi connectivity index (χ0v) is 18.1. The maximum Gasteiger partial charge on any atom is 0.329 e. The van der Waals surface area contributed by atoms with Crippen molar-refractivity contribution in [3.05, 3.63) is 110 Å². The van der Waals surface area contributed by atoms with Crippen molar-refractivity contribution in [2.75, 3.05) is 0 Å². The van der Waals surface area contributed by atoms with E-state index in [1.165, 1.54) is 31.2 Å². The Morgan fingerprint density at radius 3 is 2.50 bits per heavy atom. The number of hydrogen-bond acceptors (Lipinski definition) is 4. The normalized spacial score (nSPS) is 12.9. The number of halogens is 2. The van der Waals surface area contributed by atoms with E-state index in [4.69, 9.17) is 0 Å². The molecule has 0 fully saturated rings. The van der Waals surface area contributed by atoms with Crippen LogP contribution in [0, 0.1) is 11.6 Å². The van der Waals surface area contributed by atoms with Gasteiger partial charge in [-0.05, 0) is 30.7 Å². The second kappa shape index (κ2) is 9.30. The van der Waals surface area contributed by atoms with Gasteiger partial charge in [0.15, 0.2) is 0 Å². The third-order valence-electron chi connectivity index (χ3n) is 5.61. The summed E-state index contributed by atoms with van der Waals surface area (Å²) in [6.07, 6.45) is -0.0205. The zero-order valence-electron chi connectivity index (χ0n) is 18.1. The number of fused-ring (bicyclic) bond motifs is 1. The number of phenols is 1. The van der Waals surface area contributed by atoms with Crippen LogP contribution in [-0.2, 0) is 11.2 Å². The van der Waals surface area contributed by atoms with Gasteiger partial charge < -0.3 is 15.4 Å². The maximum atomic E-state index is 14.2. The molecule has 9 heteroatoms. The number of H-pyrrole nitrogens is 1. The van der Waals surface area contributed by atoms with Gasteiger partial charge in [0, 0.05) is 18.1 Å². The highest BCUT2D eigenvalue weighted by molar-refractivity contribution is 5.85. The molecule has 0 unspecified atom stereocenters. The maximum absolute atomic E-state index is 14.2. The van der Waals surface area contributed by atoms with Gasteiger partial charge >= 0.3 is 5.69 Å². The molecule has 3 N–H and O–H groups in total. The van der Waals surface area contributed by atoms with Gasteiger partial charge in [-0.25, -0.2) is 18.1 Å². The molecule has 0 spiro atoms. The summed E-state index contributed by atoms with van der Waals surface area (Å²) in [5.41, 5.74) is -0.821. The van der Waals surface area contributed by atoms with Gasteiger partial charge in [0.1, 0.15) is 28.8 Å². The number of phenolic OH excluding ortho intramolecular Hbond substituents is 1. The second-order valence-corrected chi connectivity index (χ2v) is 7.91. The Hall–Kier alpha value is -4.27. The first-order valence-corrected chi connectivity index (χ1v) is 10.5. The van der Waals surface area contributed by atoms with Crippen molar-refractivity contribution < 1.29 is 18.7 Å². The molecule has 0 aliphatic heterocycles. The smallest absolute Gasteiger partial charge is 0.329 e. The summed E-state index contributed by atoms with van der Waals surface area (Å²) in [4.78, 5) is 42.0. The van der Waals surface area contributed by atoms with Gasteiger partial charge in [0.2, 0.25) is 5.91 Å². The quantitative estimate of drug-likeness (QED) is 0.406. The Labute approximate surface area is 192 Å². The zero-order chi connectivity index (χ0) is 24.4. The fourth-order valence-corrected chi connectivity index (χ4v) is 3.92. The summed E-state index contributed by atoms with van der Waals surface area (Å²) in [5.74, 6) is -2.65. The minimum atomic E-state index is -1.31. The van der Waals surface area contributed by atoms with E-state index in [0.717, 1.165) is 10.6 Å². The number of carbonyl (C=O) groups excluding carboxylic acids is 1. The molecule has 34 heavy (non-hydrogen) atoms. The molecular formula is C25H21F2N3O4. The molecule has 4 aromatic rings. The lowest BCUT2D eigenvalue weighted by Gasteiger charge is -2.22. The Bertz CT molecular complexity index is 1480. The lowest BCUT2D eigenvalue weighted by Crippen LogP contribution is -2.46. The lowest BCUT2D eigenvalue weighted by atomic mass is 10.0. The Balaban J connectivity index is 1.79. The van der Waals surface area contributed by atoms with E-state index in [1.807, 2.05) is 0 Å². The Morgan fingerprint density at radius 2 is 1.79 bits per heavy atom. The Kier molecular flexibility index (Phi) is 6.27. The van der Waals surface area contributed by atoms with Crippen LogP contribution in [0.25, 0.3) is 10.9 Å². The average molecular weight is 465 g/mol. The van der Waals surface area contributed by atoms with E-state index in [0.29, 0.717) is 11.6 Å². The minimum Gasteiger partial charge on any atom is -0.507 e. The summed E-state index contributed by atoms with van der Waals surface area (Å²) >= 11 is 0. The van der Waals surface area contributed by atoms with E-state index in [2.05, 4.69) is 10.3 Å². The van der Waals surface area contributed by atoms with E-state index in [1.54, 1.807) is 30.3 Å². The average Bonchev–Trinajstić information content (AvgIpc) is 2.78. The van der Waals surface area contributed by atoms with Gasteiger partial charge in [0.05, 0.1) is 11.6 Å². The van der Waals surface area contributed by atoms with Crippen molar-refractivity contribution in [2.24, 2.45) is 0 Å². The highest BCUT2D eigenvalue weighted by Gasteiger charge is 2.28. The predicted octanol–water partition coefficient (Wildman–Crippen LogP) is 3.33. The van der Waals surface area contributed by atoms with Crippen molar-refractivity contribution in [1.29, 1.82) is 0 Å². The first-order valence-electron chi connectivity index (χ1n) is 10.5. The highest BCUT2D eigenvalue weighted by atomic mass is 19.1. The predicted molar refractivity (Wildman–Crippen MR) is 123 cm³/mol. The number of amides is 1. The molecule has 0 saturated carbocycles. The largest absolute Gasteiger partial charge is 0.507 e. The van der Waals surface area contributed by atoms with E-state index < -0.39 is 40.9 Å². The number of carbonyl (C=O) groups is 1. The van der Waals surface area contributed by atoms with E-state index >= 15 is 0 Å². The SMILES string of the molecule is C[C@H](NC(=O)[C@H](Cc1ccccc1)n1c(=O)[nH]c2cccc(O)c2c1=O)c1ccc(F)cc1F. The molecular weight excluding hydrogens is 444 g/mol. The molecule has 1 amide bonds. The van der Waals surface area contributed by atoms with Crippen molar-refractivity contribution in [3.63, 3.8) is 0 Å². The highest BCUT2D eigenvalue weighted by Crippen LogP contribution is 2.22. The van der Waals surface area contributed by atoms with Crippen LogP contribution in [0.4, 0.5) is 8.78 Å². The third kappa shape index (κ3) is 4.45. The topological polar surface area (TPSA) is 104 Å². The van der Waals surface area contributed by atoms with Gasteiger partial charge in [-0.1, -0.05) is 42.5 Å². The molecule has 2 atom stereocenters. The summed E-state index contributed by atoms with van der Waals surface area (Å²) in [5, 5.41) is 12.7. The number of aromatic hydroxyl groups is 1. The molecule has 1 heterocycles. The van der Waals surface area contributed by atoms with Crippen LogP contribution in [0.2, 0.25) is 0 Å². The van der Waals surface area contributed by atoms with Gasteiger partial charge in [-0.15, -0.1) is 0 Å². The summed E-state index contributed by atoms with van der Waals surface area (Å²) < 4.78 is 28.3. The van der Waals surface area contributed by atoms with Crippen LogP contribution >= 0.6 is 0 Å². The molecule has 0 saturated heterocycles. The van der Waals surface area contributed by atoms with Gasteiger partial charge in [-0.3, -0.25) is 9.59 Å². The minimum absolute atomic E-state index is 0.0205.